The first kappa shape index (κ1) is 45.1. The van der Waals surface area contributed by atoms with Gasteiger partial charge < -0.3 is 25.8 Å². The number of aryl methyl sites for hydroxylation is 1. The number of aliphatic hydroxyl groups is 1. The summed E-state index contributed by atoms with van der Waals surface area (Å²) >= 11 is 0. The molecule has 0 fully saturated rings. The zero-order valence-electron chi connectivity index (χ0n) is 34.1. The van der Waals surface area contributed by atoms with Crippen molar-refractivity contribution in [3.05, 3.63) is 144 Å². The van der Waals surface area contributed by atoms with E-state index in [0.29, 0.717) is 18.4 Å². The maximum atomic E-state index is 15.1. The fourth-order valence-electron chi connectivity index (χ4n) is 7.29. The van der Waals surface area contributed by atoms with Crippen molar-refractivity contribution in [2.24, 2.45) is 11.5 Å². The Morgan fingerprint density at radius 3 is 1.58 bits per heavy atom. The number of hydrogen-bond donors (Lipinski definition) is 3. The smallest absolute Gasteiger partial charge is 0.411 e. The molecule has 4 aromatic carbocycles. The third kappa shape index (κ3) is 12.0. The van der Waals surface area contributed by atoms with Gasteiger partial charge >= 0.3 is 6.09 Å². The number of carbonyl (C=O) groups excluding carboxylic acids is 3. The van der Waals surface area contributed by atoms with E-state index in [0.717, 1.165) is 34.4 Å². The third-order valence-electron chi connectivity index (χ3n) is 10.1. The van der Waals surface area contributed by atoms with Crippen molar-refractivity contribution in [3.8, 4) is 0 Å². The van der Waals surface area contributed by atoms with E-state index in [1.807, 2.05) is 91.0 Å². The molecule has 0 bridgehead atoms. The SMILES string of the molecule is CC(C)(C)OC(=O)N(CCOP(=O)(Cc1ccccc1)Cc1ccccc1)[C@@](C(N)=O)(C(=O)CCCCCc1ccccc1)C(O)(Cc1ccccc1)C(C)(C)N. The van der Waals surface area contributed by atoms with Gasteiger partial charge in [0.1, 0.15) is 11.2 Å². The first-order chi connectivity index (χ1) is 26.9. The highest BCUT2D eigenvalue weighted by Gasteiger charge is 2.69. The maximum absolute atomic E-state index is 15.1. The minimum absolute atomic E-state index is 0.0891. The van der Waals surface area contributed by atoms with Crippen molar-refractivity contribution in [3.63, 3.8) is 0 Å². The van der Waals surface area contributed by atoms with Gasteiger partial charge in [-0.05, 0) is 76.1 Å². The van der Waals surface area contributed by atoms with Gasteiger partial charge in [0.15, 0.2) is 5.78 Å². The highest BCUT2D eigenvalue weighted by atomic mass is 31.2. The summed E-state index contributed by atoms with van der Waals surface area (Å²) in [7, 11) is -3.54. The van der Waals surface area contributed by atoms with Gasteiger partial charge in [0.25, 0.3) is 5.91 Å². The predicted octanol–water partition coefficient (Wildman–Crippen LogP) is 8.23. The molecule has 0 saturated carbocycles. The number of primary amides is 1. The molecule has 0 spiro atoms. The van der Waals surface area contributed by atoms with Crippen LogP contribution in [0.2, 0.25) is 0 Å². The number of hydrogen-bond acceptors (Lipinski definition) is 8. The van der Waals surface area contributed by atoms with Gasteiger partial charge in [-0.1, -0.05) is 128 Å². The second kappa shape index (κ2) is 19.7. The summed E-state index contributed by atoms with van der Waals surface area (Å²) in [6, 6.07) is 37.3. The van der Waals surface area contributed by atoms with Crippen LogP contribution in [0.3, 0.4) is 0 Å². The van der Waals surface area contributed by atoms with E-state index in [1.165, 1.54) is 13.8 Å². The molecular weight excluding hydrogens is 737 g/mol. The van der Waals surface area contributed by atoms with Crippen LogP contribution in [-0.4, -0.2) is 63.2 Å². The number of ketones is 1. The molecule has 0 aromatic heterocycles. The fraction of sp³-hybridized carbons (Fsp3) is 0.413. The van der Waals surface area contributed by atoms with Gasteiger partial charge in [0, 0.05) is 24.9 Å². The molecule has 0 aliphatic rings. The minimum Gasteiger partial charge on any atom is -0.444 e. The highest BCUT2D eigenvalue weighted by Crippen LogP contribution is 2.53. The molecule has 2 atom stereocenters. The first-order valence-corrected chi connectivity index (χ1v) is 21.6. The Bertz CT molecular complexity index is 1890. The molecule has 2 amide bonds. The van der Waals surface area contributed by atoms with Crippen LogP contribution in [0, 0.1) is 0 Å². The summed E-state index contributed by atoms with van der Waals surface area (Å²) in [6.07, 6.45) is 1.09. The lowest BCUT2D eigenvalue weighted by Crippen LogP contribution is -2.83. The first-order valence-electron chi connectivity index (χ1n) is 19.6. The number of benzene rings is 4. The number of Topliss-reactive ketones (excluding diaryl/α,β-unsaturated/α-hetero) is 1. The molecule has 4 aromatic rings. The average molecular weight is 798 g/mol. The Hall–Kier alpha value is -4.60. The summed E-state index contributed by atoms with van der Waals surface area (Å²) in [6.45, 7) is 7.07. The van der Waals surface area contributed by atoms with Gasteiger partial charge in [-0.25, -0.2) is 4.79 Å². The summed E-state index contributed by atoms with van der Waals surface area (Å²) in [5, 5.41) is 13.2. The topological polar surface area (TPSA) is 162 Å². The van der Waals surface area contributed by atoms with E-state index < -0.39 is 54.0 Å². The molecule has 0 radical (unpaired) electrons. The Labute approximate surface area is 338 Å². The van der Waals surface area contributed by atoms with Crippen molar-refractivity contribution >= 4 is 25.2 Å². The lowest BCUT2D eigenvalue weighted by atomic mass is 9.62. The van der Waals surface area contributed by atoms with E-state index in [1.54, 1.807) is 51.1 Å². The van der Waals surface area contributed by atoms with Gasteiger partial charge in [-0.3, -0.25) is 19.1 Å². The Morgan fingerprint density at radius 2 is 1.14 bits per heavy atom. The third-order valence-corrected chi connectivity index (χ3v) is 12.5. The molecule has 57 heavy (non-hydrogen) atoms. The van der Waals surface area contributed by atoms with Crippen LogP contribution in [0.15, 0.2) is 121 Å². The second-order valence-corrected chi connectivity index (χ2v) is 18.9. The van der Waals surface area contributed by atoms with E-state index >= 15 is 4.79 Å². The number of unbranched alkanes of at least 4 members (excludes halogenated alkanes) is 2. The van der Waals surface area contributed by atoms with Gasteiger partial charge in [-0.2, -0.15) is 0 Å². The fourth-order valence-corrected chi connectivity index (χ4v) is 9.53. The minimum atomic E-state index is -3.54. The molecular formula is C46H60N3O7P. The lowest BCUT2D eigenvalue weighted by molar-refractivity contribution is -0.177. The van der Waals surface area contributed by atoms with Crippen LogP contribution in [-0.2, 0) is 48.6 Å². The van der Waals surface area contributed by atoms with Crippen molar-refractivity contribution in [2.45, 2.75) is 108 Å². The van der Waals surface area contributed by atoms with Crippen LogP contribution >= 0.6 is 7.37 Å². The zero-order valence-corrected chi connectivity index (χ0v) is 35.0. The maximum Gasteiger partial charge on any atom is 0.411 e. The van der Waals surface area contributed by atoms with E-state index in [9.17, 15) is 19.3 Å². The summed E-state index contributed by atoms with van der Waals surface area (Å²) in [5.41, 5.74) is 8.44. The Kier molecular flexibility index (Phi) is 15.6. The van der Waals surface area contributed by atoms with Crippen molar-refractivity contribution in [2.75, 3.05) is 13.2 Å². The average Bonchev–Trinajstić information content (AvgIpc) is 3.14. The molecule has 0 heterocycles. The van der Waals surface area contributed by atoms with E-state index in [2.05, 4.69) is 0 Å². The van der Waals surface area contributed by atoms with Gasteiger partial charge in [-0.15, -0.1) is 0 Å². The highest BCUT2D eigenvalue weighted by molar-refractivity contribution is 7.57. The van der Waals surface area contributed by atoms with Crippen LogP contribution in [0.5, 0.6) is 0 Å². The van der Waals surface area contributed by atoms with Crippen molar-refractivity contribution in [1.29, 1.82) is 0 Å². The van der Waals surface area contributed by atoms with Crippen LogP contribution in [0.4, 0.5) is 4.79 Å². The monoisotopic (exact) mass is 797 g/mol. The number of amides is 2. The van der Waals surface area contributed by atoms with Gasteiger partial charge in [0.05, 0.1) is 18.9 Å². The number of ether oxygens (including phenoxy) is 1. The largest absolute Gasteiger partial charge is 0.444 e. The Morgan fingerprint density at radius 1 is 0.684 bits per heavy atom. The predicted molar refractivity (Wildman–Crippen MR) is 226 cm³/mol. The molecule has 0 aliphatic heterocycles. The number of nitrogens with two attached hydrogens (primary N) is 2. The molecule has 0 aliphatic carbocycles. The number of nitrogens with zero attached hydrogens (tertiary/aromatic N) is 1. The van der Waals surface area contributed by atoms with Gasteiger partial charge in [0.2, 0.25) is 12.9 Å². The second-order valence-electron chi connectivity index (χ2n) is 16.4. The van der Waals surface area contributed by atoms with Crippen molar-refractivity contribution in [1.82, 2.24) is 4.90 Å². The molecule has 10 nitrogen and oxygen atoms in total. The summed E-state index contributed by atoms with van der Waals surface area (Å²) in [4.78, 5) is 45.0. The summed E-state index contributed by atoms with van der Waals surface area (Å²) in [5.74, 6) is -2.05. The molecule has 5 N–H and O–H groups in total. The van der Waals surface area contributed by atoms with Crippen LogP contribution < -0.4 is 11.5 Å². The lowest BCUT2D eigenvalue weighted by Gasteiger charge is -2.55. The molecule has 0 saturated heterocycles. The standard InChI is InChI=1S/C46H60N3O7P/c1-43(2,3)56-42(52)49(31-32-55-57(54,34-38-26-16-8-17-27-38)35-39-28-18-9-19-29-39)46(41(47)51,40(50)30-20-10-13-23-36-21-11-6-12-22-36)45(53,44(4,5)48)33-37-24-14-7-15-25-37/h6-9,11-12,14-19,21-22,24-29,53H,10,13,20,23,30-35,48H2,1-5H3,(H2,47,51)/t45?,46-/m1/s1. The normalized spacial score (nSPS) is 14.2. The number of rotatable bonds is 21. The zero-order chi connectivity index (χ0) is 41.7. The van der Waals surface area contributed by atoms with E-state index in [4.69, 9.17) is 20.7 Å². The van der Waals surface area contributed by atoms with Crippen molar-refractivity contribution < 1.29 is 33.3 Å². The quantitative estimate of drug-likeness (QED) is 0.0432. The molecule has 306 valence electrons. The summed E-state index contributed by atoms with van der Waals surface area (Å²) < 4.78 is 27.0. The molecule has 11 heteroatoms. The molecule has 1 unspecified atom stereocenters. The molecule has 4 rings (SSSR count). The van der Waals surface area contributed by atoms with E-state index in [-0.39, 0.29) is 31.8 Å². The Balaban J connectivity index is 1.80. The number of carbonyl (C=O) groups is 3. The van der Waals surface area contributed by atoms with Crippen LogP contribution in [0.25, 0.3) is 0 Å². The van der Waals surface area contributed by atoms with Crippen LogP contribution in [0.1, 0.15) is 82.6 Å².